The molecule has 0 amide bonds. The van der Waals surface area contributed by atoms with E-state index in [2.05, 4.69) is 13.3 Å². The zero-order chi connectivity index (χ0) is 6.24. The standard InChI is InChI=1S/C4H14P4/c1-5-7-3-4-8-6-2/h5-8H,3-4H2,1-2H3. The first kappa shape index (κ1) is 9.72. The molecule has 0 fully saturated rings. The van der Waals surface area contributed by atoms with Crippen LogP contribution >= 0.6 is 33.1 Å². The minimum Gasteiger partial charge on any atom is -0.102 e. The van der Waals surface area contributed by atoms with Crippen LogP contribution in [-0.2, 0) is 0 Å². The first-order valence-corrected chi connectivity index (χ1v) is 10.1. The molecule has 0 spiro atoms. The first-order valence-electron chi connectivity index (χ1n) is 2.71. The van der Waals surface area contributed by atoms with Crippen molar-refractivity contribution in [3.05, 3.63) is 0 Å². The molecule has 0 aromatic carbocycles. The van der Waals surface area contributed by atoms with Gasteiger partial charge in [0.25, 0.3) is 0 Å². The molecule has 0 saturated heterocycles. The van der Waals surface area contributed by atoms with Crippen LogP contribution in [0.2, 0.25) is 0 Å². The van der Waals surface area contributed by atoms with Crippen molar-refractivity contribution in [1.29, 1.82) is 0 Å². The molecule has 0 heterocycles. The van der Waals surface area contributed by atoms with Crippen molar-refractivity contribution in [1.82, 2.24) is 0 Å². The van der Waals surface area contributed by atoms with Gasteiger partial charge in [0.1, 0.15) is 0 Å². The molecule has 8 heavy (non-hydrogen) atoms. The highest BCUT2D eigenvalue weighted by atomic mass is 32.0. The zero-order valence-electron chi connectivity index (χ0n) is 5.41. The van der Waals surface area contributed by atoms with Crippen molar-refractivity contribution in [2.24, 2.45) is 0 Å². The topological polar surface area (TPSA) is 0 Å². The fourth-order valence-corrected chi connectivity index (χ4v) is 5.62. The summed E-state index contributed by atoms with van der Waals surface area (Å²) in [5.74, 6) is 0. The van der Waals surface area contributed by atoms with Gasteiger partial charge in [-0.1, -0.05) is 16.5 Å². The highest BCUT2D eigenvalue weighted by molar-refractivity contribution is 8.13. The maximum Gasteiger partial charge on any atom is -0.0277 e. The molecule has 0 aromatic rings. The highest BCUT2D eigenvalue weighted by Crippen LogP contribution is 2.38. The molecule has 0 aliphatic rings. The van der Waals surface area contributed by atoms with Crippen LogP contribution in [0.1, 0.15) is 0 Å². The molecule has 0 aliphatic carbocycles. The summed E-state index contributed by atoms with van der Waals surface area (Å²) in [6.45, 7) is 4.60. The third-order valence-corrected chi connectivity index (χ3v) is 6.56. The zero-order valence-corrected chi connectivity index (χ0v) is 9.41. The van der Waals surface area contributed by atoms with E-state index in [1.165, 1.54) is 45.4 Å². The second-order valence-corrected chi connectivity index (χ2v) is 9.18. The summed E-state index contributed by atoms with van der Waals surface area (Å²) in [6.07, 6.45) is 3.02. The molecule has 4 heteroatoms. The van der Waals surface area contributed by atoms with Gasteiger partial charge in [0.2, 0.25) is 0 Å². The Labute approximate surface area is 59.3 Å². The largest absolute Gasteiger partial charge is 0.102 e. The smallest absolute Gasteiger partial charge is 0.0277 e. The second kappa shape index (κ2) is 8.72. The van der Waals surface area contributed by atoms with Gasteiger partial charge < -0.3 is 0 Å². The Morgan fingerprint density at radius 1 is 0.875 bits per heavy atom. The van der Waals surface area contributed by atoms with Crippen LogP contribution in [0.3, 0.4) is 0 Å². The summed E-state index contributed by atoms with van der Waals surface area (Å²) >= 11 is 0. The minimum atomic E-state index is 1.20. The molecule has 0 rings (SSSR count). The van der Waals surface area contributed by atoms with Gasteiger partial charge in [-0.2, -0.15) is 0 Å². The van der Waals surface area contributed by atoms with Crippen LogP contribution in [-0.4, -0.2) is 25.7 Å². The van der Waals surface area contributed by atoms with E-state index in [9.17, 15) is 0 Å². The molecule has 0 aromatic heterocycles. The normalized spacial score (nSPS) is 15.8. The number of hydrogen-bond donors (Lipinski definition) is 0. The summed E-state index contributed by atoms with van der Waals surface area (Å²) in [4.78, 5) is 0. The third-order valence-electron chi connectivity index (χ3n) is 0.729. The molecule has 4 atom stereocenters. The third kappa shape index (κ3) is 7.72. The van der Waals surface area contributed by atoms with Crippen LogP contribution in [0.5, 0.6) is 0 Å². The molecule has 0 aliphatic heterocycles. The summed E-state index contributed by atoms with van der Waals surface area (Å²) in [5, 5.41) is 0. The number of hydrogen-bond acceptors (Lipinski definition) is 0. The Kier molecular flexibility index (Phi) is 10.6. The van der Waals surface area contributed by atoms with Crippen molar-refractivity contribution in [2.45, 2.75) is 0 Å². The number of rotatable bonds is 5. The van der Waals surface area contributed by atoms with Gasteiger partial charge in [0.05, 0.1) is 0 Å². The van der Waals surface area contributed by atoms with Gasteiger partial charge in [-0.25, -0.2) is 0 Å². The van der Waals surface area contributed by atoms with Gasteiger partial charge in [-0.3, -0.25) is 0 Å². The van der Waals surface area contributed by atoms with Gasteiger partial charge in [-0.15, -0.1) is 16.5 Å². The van der Waals surface area contributed by atoms with E-state index in [4.69, 9.17) is 0 Å². The predicted molar refractivity (Wildman–Crippen MR) is 54.8 cm³/mol. The van der Waals surface area contributed by atoms with Crippen LogP contribution in [0.4, 0.5) is 0 Å². The first-order chi connectivity index (χ1) is 3.91. The molecular weight excluding hydrogens is 172 g/mol. The lowest BCUT2D eigenvalue weighted by Crippen LogP contribution is -1.70. The predicted octanol–water partition coefficient (Wildman–Crippen LogP) is 2.79. The fraction of sp³-hybridized carbons (Fsp3) is 1.00. The summed E-state index contributed by atoms with van der Waals surface area (Å²) in [5.41, 5.74) is 0. The van der Waals surface area contributed by atoms with E-state index in [-0.39, 0.29) is 0 Å². The summed E-state index contributed by atoms with van der Waals surface area (Å²) < 4.78 is 0. The Morgan fingerprint density at radius 2 is 1.25 bits per heavy atom. The Balaban J connectivity index is 2.53. The van der Waals surface area contributed by atoms with Gasteiger partial charge >= 0.3 is 0 Å². The van der Waals surface area contributed by atoms with E-state index in [0.717, 1.165) is 0 Å². The van der Waals surface area contributed by atoms with E-state index in [0.29, 0.717) is 0 Å². The maximum atomic E-state index is 2.30. The van der Waals surface area contributed by atoms with Crippen molar-refractivity contribution in [2.75, 3.05) is 25.7 Å². The lowest BCUT2D eigenvalue weighted by molar-refractivity contribution is 1.56. The van der Waals surface area contributed by atoms with Crippen molar-refractivity contribution >= 4 is 33.1 Å². The van der Waals surface area contributed by atoms with Crippen LogP contribution in [0, 0.1) is 0 Å². The minimum absolute atomic E-state index is 1.20. The van der Waals surface area contributed by atoms with E-state index < -0.39 is 0 Å². The second-order valence-electron chi connectivity index (χ2n) is 1.35. The molecule has 0 bridgehead atoms. The molecule has 4 unspecified atom stereocenters. The van der Waals surface area contributed by atoms with Crippen molar-refractivity contribution < 1.29 is 0 Å². The Morgan fingerprint density at radius 3 is 1.50 bits per heavy atom. The highest BCUT2D eigenvalue weighted by Gasteiger charge is 1.82. The summed E-state index contributed by atoms with van der Waals surface area (Å²) in [7, 11) is 4.94. The van der Waals surface area contributed by atoms with Crippen LogP contribution < -0.4 is 0 Å². The lowest BCUT2D eigenvalue weighted by atomic mass is 11.0. The SMILES string of the molecule is CPPCCPPC. The average Bonchev–Trinajstić information content (AvgIpc) is 1.81. The van der Waals surface area contributed by atoms with Gasteiger partial charge in [0, 0.05) is 0 Å². The lowest BCUT2D eigenvalue weighted by Gasteiger charge is -1.95. The van der Waals surface area contributed by atoms with Gasteiger partial charge in [0.15, 0.2) is 0 Å². The maximum absolute atomic E-state index is 2.30. The fourth-order valence-electron chi connectivity index (χ4n) is 0.375. The molecule has 0 nitrogen and oxygen atoms in total. The average molecular weight is 186 g/mol. The van der Waals surface area contributed by atoms with E-state index >= 15 is 0 Å². The van der Waals surface area contributed by atoms with Crippen molar-refractivity contribution in [3.63, 3.8) is 0 Å². The molecular formula is C4H14P4. The van der Waals surface area contributed by atoms with Crippen LogP contribution in [0.25, 0.3) is 0 Å². The summed E-state index contributed by atoms with van der Waals surface area (Å²) in [6, 6.07) is 0. The van der Waals surface area contributed by atoms with Crippen LogP contribution in [0.15, 0.2) is 0 Å². The van der Waals surface area contributed by atoms with E-state index in [1.807, 2.05) is 0 Å². The van der Waals surface area contributed by atoms with Crippen molar-refractivity contribution in [3.8, 4) is 0 Å². The molecule has 0 saturated carbocycles. The Hall–Kier alpha value is 1.72. The monoisotopic (exact) mass is 186 g/mol. The van der Waals surface area contributed by atoms with E-state index in [1.54, 1.807) is 0 Å². The molecule has 50 valence electrons. The van der Waals surface area contributed by atoms with Gasteiger partial charge in [-0.05, 0) is 25.7 Å². The Bertz CT molecular complexity index is 33.0. The molecule has 0 N–H and O–H groups in total. The molecule has 0 radical (unpaired) electrons. The quantitative estimate of drug-likeness (QED) is 0.457.